The summed E-state index contributed by atoms with van der Waals surface area (Å²) in [5.74, 6) is 0.571. The number of nitrogens with zero attached hydrogens (tertiary/aromatic N) is 3. The van der Waals surface area contributed by atoms with Crippen LogP contribution in [0.4, 0.5) is 0 Å². The molecule has 4 aromatic rings. The maximum atomic E-state index is 14.1. The standard InChI is InChI=1S/C38H47N3O4/c1-4-5-7-13-31-19-21-34(22-20-31)38(43)40(24-12-25-44-2)30-37(42)41(27-32-14-8-6-9-15-32)29-35-17-11-23-39(35)28-33-16-10-18-36(26-33)45-3/h6,8-11,14-23,26H,4-5,7,12-13,24-25,27-30H2,1-3H3. The second kappa shape index (κ2) is 17.8. The second-order valence-electron chi connectivity index (χ2n) is 11.4. The SMILES string of the molecule is CCCCCc1ccc(C(=O)N(CCCOC)CC(=O)N(Cc2ccccc2)Cc2cccn2Cc2cccc(OC)c2)cc1. The Hall–Kier alpha value is -4.36. The summed E-state index contributed by atoms with van der Waals surface area (Å²) in [6, 6.07) is 29.9. The van der Waals surface area contributed by atoms with Gasteiger partial charge in [-0.15, -0.1) is 0 Å². The van der Waals surface area contributed by atoms with E-state index in [1.807, 2.05) is 90.0 Å². The van der Waals surface area contributed by atoms with Crippen molar-refractivity contribution in [3.8, 4) is 5.75 Å². The van der Waals surface area contributed by atoms with Gasteiger partial charge >= 0.3 is 0 Å². The molecule has 4 rings (SSSR count). The second-order valence-corrected chi connectivity index (χ2v) is 11.4. The van der Waals surface area contributed by atoms with E-state index in [0.29, 0.717) is 44.8 Å². The first-order valence-corrected chi connectivity index (χ1v) is 16.0. The van der Waals surface area contributed by atoms with Gasteiger partial charge < -0.3 is 23.8 Å². The topological polar surface area (TPSA) is 64.0 Å². The summed E-state index contributed by atoms with van der Waals surface area (Å²) in [7, 11) is 3.32. The Bertz CT molecular complexity index is 1470. The Labute approximate surface area is 268 Å². The van der Waals surface area contributed by atoms with Crippen molar-refractivity contribution in [2.75, 3.05) is 33.9 Å². The first kappa shape index (κ1) is 33.5. The number of unbranched alkanes of at least 4 members (excludes halogenated alkanes) is 2. The van der Waals surface area contributed by atoms with Crippen molar-refractivity contribution in [1.82, 2.24) is 14.4 Å². The predicted molar refractivity (Wildman–Crippen MR) is 179 cm³/mol. The number of rotatable bonds is 18. The van der Waals surface area contributed by atoms with Crippen LogP contribution >= 0.6 is 0 Å². The molecule has 0 saturated carbocycles. The van der Waals surface area contributed by atoms with Crippen LogP contribution in [0.15, 0.2) is 97.2 Å². The Morgan fingerprint density at radius 2 is 1.53 bits per heavy atom. The first-order chi connectivity index (χ1) is 22.0. The van der Waals surface area contributed by atoms with E-state index >= 15 is 0 Å². The van der Waals surface area contributed by atoms with Gasteiger partial charge in [-0.2, -0.15) is 0 Å². The molecular weight excluding hydrogens is 562 g/mol. The van der Waals surface area contributed by atoms with Gasteiger partial charge in [-0.25, -0.2) is 0 Å². The third-order valence-corrected chi connectivity index (χ3v) is 7.99. The summed E-state index contributed by atoms with van der Waals surface area (Å²) in [5, 5.41) is 0. The summed E-state index contributed by atoms with van der Waals surface area (Å²) in [6.45, 7) is 4.64. The monoisotopic (exact) mass is 609 g/mol. The van der Waals surface area contributed by atoms with E-state index in [1.165, 1.54) is 18.4 Å². The summed E-state index contributed by atoms with van der Waals surface area (Å²) in [5.41, 5.74) is 4.99. The third-order valence-electron chi connectivity index (χ3n) is 7.99. The number of benzene rings is 3. The van der Waals surface area contributed by atoms with Gasteiger partial charge in [-0.1, -0.05) is 74.4 Å². The number of methoxy groups -OCH3 is 2. The molecule has 0 unspecified atom stereocenters. The highest BCUT2D eigenvalue weighted by Gasteiger charge is 2.23. The summed E-state index contributed by atoms with van der Waals surface area (Å²) < 4.78 is 12.8. The van der Waals surface area contributed by atoms with Gasteiger partial charge in [-0.3, -0.25) is 9.59 Å². The smallest absolute Gasteiger partial charge is 0.254 e. The van der Waals surface area contributed by atoms with Crippen LogP contribution in [0.3, 0.4) is 0 Å². The minimum Gasteiger partial charge on any atom is -0.497 e. The zero-order valence-corrected chi connectivity index (χ0v) is 27.0. The normalized spacial score (nSPS) is 10.9. The molecule has 1 aromatic heterocycles. The molecule has 2 amide bonds. The van der Waals surface area contributed by atoms with Gasteiger partial charge in [0.25, 0.3) is 5.91 Å². The molecule has 0 aliphatic carbocycles. The lowest BCUT2D eigenvalue weighted by Gasteiger charge is -2.28. The van der Waals surface area contributed by atoms with E-state index in [1.54, 1.807) is 19.1 Å². The van der Waals surface area contributed by atoms with Crippen LogP contribution in [0, 0.1) is 0 Å². The van der Waals surface area contributed by atoms with Crippen molar-refractivity contribution in [1.29, 1.82) is 0 Å². The highest BCUT2D eigenvalue weighted by molar-refractivity contribution is 5.96. The molecule has 0 aliphatic rings. The van der Waals surface area contributed by atoms with E-state index in [9.17, 15) is 9.59 Å². The molecule has 0 atom stereocenters. The number of hydrogen-bond donors (Lipinski definition) is 0. The highest BCUT2D eigenvalue weighted by Crippen LogP contribution is 2.18. The first-order valence-electron chi connectivity index (χ1n) is 16.0. The van der Waals surface area contributed by atoms with Crippen LogP contribution in [0.5, 0.6) is 5.75 Å². The van der Waals surface area contributed by atoms with Crippen LogP contribution < -0.4 is 4.74 Å². The van der Waals surface area contributed by atoms with Crippen LogP contribution in [0.25, 0.3) is 0 Å². The van der Waals surface area contributed by atoms with Crippen molar-refractivity contribution in [3.63, 3.8) is 0 Å². The molecule has 7 nitrogen and oxygen atoms in total. The molecule has 0 aliphatic heterocycles. The molecule has 0 radical (unpaired) electrons. The lowest BCUT2D eigenvalue weighted by molar-refractivity contribution is -0.133. The van der Waals surface area contributed by atoms with E-state index in [0.717, 1.165) is 35.4 Å². The average molecular weight is 610 g/mol. The van der Waals surface area contributed by atoms with Crippen molar-refractivity contribution in [3.05, 3.63) is 125 Å². The van der Waals surface area contributed by atoms with Gasteiger partial charge in [0.1, 0.15) is 12.3 Å². The fraction of sp³-hybridized carbons (Fsp3) is 0.368. The Morgan fingerprint density at radius 3 is 2.27 bits per heavy atom. The minimum absolute atomic E-state index is 0.00970. The summed E-state index contributed by atoms with van der Waals surface area (Å²) in [4.78, 5) is 31.4. The third kappa shape index (κ3) is 10.4. The number of carbonyl (C=O) groups is 2. The predicted octanol–water partition coefficient (Wildman–Crippen LogP) is 6.99. The minimum atomic E-state index is -0.138. The highest BCUT2D eigenvalue weighted by atomic mass is 16.5. The summed E-state index contributed by atoms with van der Waals surface area (Å²) >= 11 is 0. The van der Waals surface area contributed by atoms with Crippen LogP contribution in [-0.2, 0) is 35.6 Å². The van der Waals surface area contributed by atoms with E-state index in [2.05, 4.69) is 23.6 Å². The van der Waals surface area contributed by atoms with Crippen molar-refractivity contribution >= 4 is 11.8 Å². The van der Waals surface area contributed by atoms with Gasteiger partial charge in [0, 0.05) is 50.8 Å². The van der Waals surface area contributed by atoms with Gasteiger partial charge in [-0.05, 0) is 72.4 Å². The quantitative estimate of drug-likeness (QED) is 0.114. The van der Waals surface area contributed by atoms with Crippen molar-refractivity contribution in [2.45, 2.75) is 58.7 Å². The Balaban J connectivity index is 1.53. The molecule has 0 saturated heterocycles. The number of aromatic nitrogens is 1. The molecule has 0 N–H and O–H groups in total. The number of hydrogen-bond acceptors (Lipinski definition) is 4. The number of aryl methyl sites for hydroxylation is 1. The molecule has 0 bridgehead atoms. The summed E-state index contributed by atoms with van der Waals surface area (Å²) in [6.07, 6.45) is 7.20. The zero-order valence-electron chi connectivity index (χ0n) is 27.0. The van der Waals surface area contributed by atoms with E-state index in [-0.39, 0.29) is 18.4 Å². The lowest BCUT2D eigenvalue weighted by atomic mass is 10.0. The fourth-order valence-electron chi connectivity index (χ4n) is 5.44. The largest absolute Gasteiger partial charge is 0.497 e. The van der Waals surface area contributed by atoms with E-state index < -0.39 is 0 Å². The van der Waals surface area contributed by atoms with Crippen molar-refractivity contribution < 1.29 is 19.1 Å². The van der Waals surface area contributed by atoms with Crippen molar-refractivity contribution in [2.24, 2.45) is 0 Å². The molecule has 1 heterocycles. The molecule has 7 heteroatoms. The number of ether oxygens (including phenoxy) is 2. The lowest BCUT2D eigenvalue weighted by Crippen LogP contribution is -2.43. The molecule has 238 valence electrons. The van der Waals surface area contributed by atoms with Gasteiger partial charge in [0.15, 0.2) is 0 Å². The Kier molecular flexibility index (Phi) is 13.3. The van der Waals surface area contributed by atoms with Crippen LogP contribution in [0.1, 0.15) is 65.3 Å². The average Bonchev–Trinajstić information content (AvgIpc) is 3.50. The fourth-order valence-corrected chi connectivity index (χ4v) is 5.44. The zero-order chi connectivity index (χ0) is 31.9. The number of amides is 2. The van der Waals surface area contributed by atoms with Gasteiger partial charge in [0.2, 0.25) is 5.91 Å². The maximum Gasteiger partial charge on any atom is 0.254 e. The van der Waals surface area contributed by atoms with Crippen LogP contribution in [-0.4, -0.2) is 60.1 Å². The van der Waals surface area contributed by atoms with Gasteiger partial charge in [0.05, 0.1) is 13.7 Å². The number of carbonyl (C=O) groups excluding carboxylic acids is 2. The molecule has 3 aromatic carbocycles. The molecule has 0 spiro atoms. The van der Waals surface area contributed by atoms with E-state index in [4.69, 9.17) is 9.47 Å². The maximum absolute atomic E-state index is 14.1. The molecule has 45 heavy (non-hydrogen) atoms. The van der Waals surface area contributed by atoms with Crippen LogP contribution in [0.2, 0.25) is 0 Å². The molecular formula is C38H47N3O4. The Morgan fingerprint density at radius 1 is 0.756 bits per heavy atom. The molecule has 0 fully saturated rings.